The quantitative estimate of drug-likeness (QED) is 0.602. The first-order chi connectivity index (χ1) is 17.5. The lowest BCUT2D eigenvalue weighted by molar-refractivity contribution is -0.150. The van der Waals surface area contributed by atoms with Gasteiger partial charge in [-0.15, -0.1) is 0 Å². The molecule has 2 heterocycles. The Morgan fingerprint density at radius 2 is 0.784 bits per heavy atom. The van der Waals surface area contributed by atoms with E-state index in [1.54, 1.807) is 0 Å². The monoisotopic (exact) mass is 498 g/mol. The first-order valence-corrected chi connectivity index (χ1v) is 13.4. The van der Waals surface area contributed by atoms with Gasteiger partial charge in [-0.25, -0.2) is 0 Å². The second-order valence-corrected chi connectivity index (χ2v) is 12.6. The van der Waals surface area contributed by atoms with Gasteiger partial charge in [-0.3, -0.25) is 29.0 Å². The van der Waals surface area contributed by atoms with Gasteiger partial charge in [-0.2, -0.15) is 0 Å². The van der Waals surface area contributed by atoms with Crippen molar-refractivity contribution in [1.82, 2.24) is 9.80 Å². The van der Waals surface area contributed by atoms with E-state index >= 15 is 0 Å². The number of likely N-dealkylation sites (tertiary alicyclic amines) is 2. The standard InChI is InChI=1S/C31H34N2O4/c1-30(2,32-26(34)22-13-18-9-5-6-10-19(18)14-23(22)27(32)35)17-31(3,4)33-28(36)24-15-20-11-7-8-12-21(20)16-25(24)29(33)37/h5-12,22-25H,13-17H2,1-4H3. The Hall–Kier alpha value is -3.28. The van der Waals surface area contributed by atoms with Crippen molar-refractivity contribution in [3.63, 3.8) is 0 Å². The predicted molar refractivity (Wildman–Crippen MR) is 138 cm³/mol. The summed E-state index contributed by atoms with van der Waals surface area (Å²) >= 11 is 0. The van der Waals surface area contributed by atoms with Crippen LogP contribution in [-0.2, 0) is 44.9 Å². The van der Waals surface area contributed by atoms with Crippen LogP contribution in [0.1, 0.15) is 56.4 Å². The van der Waals surface area contributed by atoms with Crippen molar-refractivity contribution in [3.8, 4) is 0 Å². The zero-order valence-electron chi connectivity index (χ0n) is 22.0. The van der Waals surface area contributed by atoms with E-state index in [1.165, 1.54) is 9.80 Å². The van der Waals surface area contributed by atoms with E-state index in [2.05, 4.69) is 0 Å². The molecule has 4 amide bonds. The number of carbonyl (C=O) groups is 4. The number of nitrogens with zero attached hydrogens (tertiary/aromatic N) is 2. The first kappa shape index (κ1) is 24.1. The van der Waals surface area contributed by atoms with E-state index in [0.717, 1.165) is 22.3 Å². The van der Waals surface area contributed by atoms with Gasteiger partial charge in [0.25, 0.3) is 0 Å². The second kappa shape index (κ2) is 8.11. The number of hydrogen-bond donors (Lipinski definition) is 0. The molecule has 2 aromatic rings. The third-order valence-corrected chi connectivity index (χ3v) is 9.19. The zero-order chi connectivity index (χ0) is 26.3. The summed E-state index contributed by atoms with van der Waals surface area (Å²) in [6.07, 6.45) is 2.64. The molecule has 2 aliphatic heterocycles. The summed E-state index contributed by atoms with van der Waals surface area (Å²) in [4.78, 5) is 57.4. The van der Waals surface area contributed by atoms with Crippen LogP contribution < -0.4 is 0 Å². The van der Waals surface area contributed by atoms with Crippen LogP contribution in [0.5, 0.6) is 0 Å². The number of carbonyl (C=O) groups excluding carboxylic acids is 4. The molecule has 0 bridgehead atoms. The zero-order valence-corrected chi connectivity index (χ0v) is 22.0. The van der Waals surface area contributed by atoms with Crippen molar-refractivity contribution in [2.45, 2.75) is 70.9 Å². The summed E-state index contributed by atoms with van der Waals surface area (Å²) in [7, 11) is 0. The molecule has 4 unspecified atom stereocenters. The fourth-order valence-corrected chi connectivity index (χ4v) is 7.76. The maximum absolute atomic E-state index is 13.6. The fourth-order valence-electron chi connectivity index (χ4n) is 7.76. The van der Waals surface area contributed by atoms with Crippen molar-refractivity contribution >= 4 is 23.6 Å². The molecular weight excluding hydrogens is 464 g/mol. The minimum Gasteiger partial charge on any atom is -0.276 e. The Morgan fingerprint density at radius 3 is 1.03 bits per heavy atom. The molecule has 0 N–H and O–H groups in total. The van der Waals surface area contributed by atoms with Gasteiger partial charge in [0, 0.05) is 11.1 Å². The molecule has 192 valence electrons. The molecule has 6 heteroatoms. The molecule has 0 spiro atoms. The first-order valence-electron chi connectivity index (χ1n) is 13.4. The van der Waals surface area contributed by atoms with Crippen molar-refractivity contribution in [1.29, 1.82) is 0 Å². The summed E-state index contributed by atoms with van der Waals surface area (Å²) in [5.41, 5.74) is 2.86. The van der Waals surface area contributed by atoms with Gasteiger partial charge in [0.15, 0.2) is 0 Å². The van der Waals surface area contributed by atoms with E-state index < -0.39 is 11.1 Å². The SMILES string of the molecule is CC(C)(CC(C)(C)N1C(=O)C2Cc3ccccc3CC2C1=O)N1C(=O)C2Cc3ccccc3CC2C1=O. The highest BCUT2D eigenvalue weighted by Gasteiger charge is 2.58. The summed E-state index contributed by atoms with van der Waals surface area (Å²) < 4.78 is 0. The average Bonchev–Trinajstić information content (AvgIpc) is 3.25. The molecule has 6 rings (SSSR count). The highest BCUT2D eigenvalue weighted by molar-refractivity contribution is 6.07. The maximum atomic E-state index is 13.6. The smallest absolute Gasteiger partial charge is 0.233 e. The Kier molecular flexibility index (Phi) is 5.28. The lowest BCUT2D eigenvalue weighted by Crippen LogP contribution is -2.57. The lowest BCUT2D eigenvalue weighted by Gasteiger charge is -2.43. The maximum Gasteiger partial charge on any atom is 0.233 e. The molecule has 2 aliphatic carbocycles. The predicted octanol–water partition coefficient (Wildman–Crippen LogP) is 3.73. The number of imide groups is 2. The van der Waals surface area contributed by atoms with Gasteiger partial charge in [-0.05, 0) is 82.1 Å². The van der Waals surface area contributed by atoms with E-state index in [1.807, 2.05) is 76.2 Å². The molecule has 2 fully saturated rings. The number of fused-ring (bicyclic) bond motifs is 4. The average molecular weight is 499 g/mol. The summed E-state index contributed by atoms with van der Waals surface area (Å²) in [5, 5.41) is 0. The van der Waals surface area contributed by atoms with Crippen LogP contribution in [0.25, 0.3) is 0 Å². The lowest BCUT2D eigenvalue weighted by atomic mass is 9.77. The molecule has 0 saturated carbocycles. The van der Waals surface area contributed by atoms with Crippen LogP contribution in [-0.4, -0.2) is 44.5 Å². The fraction of sp³-hybridized carbons (Fsp3) is 0.484. The number of benzene rings is 2. The molecule has 2 aromatic carbocycles. The second-order valence-electron chi connectivity index (χ2n) is 12.6. The Morgan fingerprint density at radius 1 is 0.541 bits per heavy atom. The van der Waals surface area contributed by atoms with Gasteiger partial charge in [0.2, 0.25) is 23.6 Å². The Bertz CT molecular complexity index is 1150. The van der Waals surface area contributed by atoms with Crippen LogP contribution >= 0.6 is 0 Å². The van der Waals surface area contributed by atoms with Crippen molar-refractivity contribution in [3.05, 3.63) is 70.8 Å². The van der Waals surface area contributed by atoms with Crippen molar-refractivity contribution in [2.75, 3.05) is 0 Å². The van der Waals surface area contributed by atoms with Crippen molar-refractivity contribution in [2.24, 2.45) is 23.7 Å². The molecule has 0 aromatic heterocycles. The molecule has 37 heavy (non-hydrogen) atoms. The van der Waals surface area contributed by atoms with E-state index in [0.29, 0.717) is 32.1 Å². The third kappa shape index (κ3) is 3.59. The number of hydrogen-bond acceptors (Lipinski definition) is 4. The topological polar surface area (TPSA) is 74.8 Å². The Labute approximate surface area is 218 Å². The van der Waals surface area contributed by atoms with E-state index in [4.69, 9.17) is 0 Å². The minimum absolute atomic E-state index is 0.131. The van der Waals surface area contributed by atoms with Gasteiger partial charge in [0.1, 0.15) is 0 Å². The summed E-state index contributed by atoms with van der Waals surface area (Å²) in [6, 6.07) is 16.1. The largest absolute Gasteiger partial charge is 0.276 e. The summed E-state index contributed by atoms with van der Waals surface area (Å²) in [6.45, 7) is 7.57. The van der Waals surface area contributed by atoms with Gasteiger partial charge < -0.3 is 0 Å². The van der Waals surface area contributed by atoms with Gasteiger partial charge >= 0.3 is 0 Å². The highest BCUT2D eigenvalue weighted by Crippen LogP contribution is 2.45. The summed E-state index contributed by atoms with van der Waals surface area (Å²) in [5.74, 6) is -1.91. The van der Waals surface area contributed by atoms with Crippen LogP contribution in [0.3, 0.4) is 0 Å². The Balaban J connectivity index is 1.24. The van der Waals surface area contributed by atoms with Crippen LogP contribution in [0.15, 0.2) is 48.5 Å². The van der Waals surface area contributed by atoms with Crippen molar-refractivity contribution < 1.29 is 19.2 Å². The molecule has 0 radical (unpaired) electrons. The van der Waals surface area contributed by atoms with E-state index in [9.17, 15) is 19.2 Å². The number of rotatable bonds is 4. The van der Waals surface area contributed by atoms with Crippen LogP contribution in [0.2, 0.25) is 0 Å². The van der Waals surface area contributed by atoms with Gasteiger partial charge in [-0.1, -0.05) is 48.5 Å². The molecule has 4 aliphatic rings. The highest BCUT2D eigenvalue weighted by atomic mass is 16.2. The molecule has 6 nitrogen and oxygen atoms in total. The van der Waals surface area contributed by atoms with E-state index in [-0.39, 0.29) is 47.3 Å². The molecular formula is C31H34N2O4. The third-order valence-electron chi connectivity index (χ3n) is 9.19. The number of amides is 4. The van der Waals surface area contributed by atoms with Crippen LogP contribution in [0.4, 0.5) is 0 Å². The molecule has 2 saturated heterocycles. The minimum atomic E-state index is -0.849. The van der Waals surface area contributed by atoms with Crippen LogP contribution in [0, 0.1) is 23.7 Å². The normalized spacial score (nSPS) is 27.2. The van der Waals surface area contributed by atoms with Gasteiger partial charge in [0.05, 0.1) is 23.7 Å². The molecule has 4 atom stereocenters.